The average molecular weight is 255 g/mol. The minimum Gasteiger partial charge on any atom is -0.303 e. The first-order valence-electron chi connectivity index (χ1n) is 6.56. The van der Waals surface area contributed by atoms with Gasteiger partial charge in [0.25, 0.3) is 0 Å². The van der Waals surface area contributed by atoms with Crippen LogP contribution in [0.3, 0.4) is 0 Å². The fourth-order valence-electron chi connectivity index (χ4n) is 2.58. The first kappa shape index (κ1) is 13.1. The highest BCUT2D eigenvalue weighted by Gasteiger charge is 2.40. The lowest BCUT2D eigenvalue weighted by atomic mass is 9.94. The quantitative estimate of drug-likeness (QED) is 0.507. The predicted octanol–water partition coefficient (Wildman–Crippen LogP) is 0.533. The molecule has 0 radical (unpaired) electrons. The van der Waals surface area contributed by atoms with E-state index in [1.807, 2.05) is 6.92 Å². The molecule has 1 unspecified atom stereocenters. The molecule has 2 aliphatic rings. The van der Waals surface area contributed by atoms with Crippen molar-refractivity contribution < 1.29 is 9.59 Å². The van der Waals surface area contributed by atoms with E-state index in [9.17, 15) is 9.59 Å². The van der Waals surface area contributed by atoms with Gasteiger partial charge in [0.1, 0.15) is 0 Å². The van der Waals surface area contributed by atoms with E-state index in [1.54, 1.807) is 0 Å². The second-order valence-electron chi connectivity index (χ2n) is 4.76. The van der Waals surface area contributed by atoms with E-state index in [2.05, 4.69) is 10.6 Å². The van der Waals surface area contributed by atoms with E-state index in [0.717, 1.165) is 30.7 Å². The van der Waals surface area contributed by atoms with Gasteiger partial charge < -0.3 is 5.32 Å². The number of carbonyl (C=O) groups is 2. The van der Waals surface area contributed by atoms with Crippen molar-refractivity contribution in [3.8, 4) is 0 Å². The van der Waals surface area contributed by atoms with Crippen molar-refractivity contribution in [3.63, 3.8) is 0 Å². The zero-order valence-electron chi connectivity index (χ0n) is 10.7. The largest absolute Gasteiger partial charge is 0.345 e. The molecule has 0 bridgehead atoms. The molecule has 7 nitrogen and oxygen atoms in total. The third-order valence-corrected chi connectivity index (χ3v) is 3.52. The number of carbonyl (C=O) groups excluding carboxylic acids is 2. The third-order valence-electron chi connectivity index (χ3n) is 3.52. The lowest BCUT2D eigenvalue weighted by molar-refractivity contribution is 0.0716. The van der Waals surface area contributed by atoms with Crippen LogP contribution >= 0.6 is 0 Å². The molecule has 1 saturated carbocycles. The minimum absolute atomic E-state index is 0.0140. The molecular weight excluding hydrogens is 234 g/mol. The number of imide groups is 1. The van der Waals surface area contributed by atoms with Crippen molar-refractivity contribution in [1.29, 1.82) is 0 Å². The van der Waals surface area contributed by atoms with Gasteiger partial charge in [-0.05, 0) is 19.4 Å². The van der Waals surface area contributed by atoms with Crippen molar-refractivity contribution in [1.82, 2.24) is 20.5 Å². The standard InChI is InChI=1S/C11H21N5O2/c1-2-13-9-14-10(17)15(11(18)16(9)12)8-6-4-3-5-7-8/h8-9,13H,2-7,12H2,1H3,(H,14,17). The summed E-state index contributed by atoms with van der Waals surface area (Å²) < 4.78 is 0. The molecule has 2 fully saturated rings. The van der Waals surface area contributed by atoms with Crippen LogP contribution in [0.4, 0.5) is 9.59 Å². The number of hydrazine groups is 1. The minimum atomic E-state index is -0.616. The number of amides is 4. The molecule has 18 heavy (non-hydrogen) atoms. The molecule has 1 heterocycles. The molecule has 1 saturated heterocycles. The molecule has 4 N–H and O–H groups in total. The summed E-state index contributed by atoms with van der Waals surface area (Å²) in [4.78, 5) is 25.4. The highest BCUT2D eigenvalue weighted by Crippen LogP contribution is 2.24. The zero-order chi connectivity index (χ0) is 13.1. The summed E-state index contributed by atoms with van der Waals surface area (Å²) in [6.45, 7) is 2.51. The van der Waals surface area contributed by atoms with E-state index in [1.165, 1.54) is 11.3 Å². The molecule has 102 valence electrons. The Hall–Kier alpha value is -1.34. The Morgan fingerprint density at radius 1 is 1.33 bits per heavy atom. The highest BCUT2D eigenvalue weighted by molar-refractivity contribution is 5.96. The van der Waals surface area contributed by atoms with Gasteiger partial charge in [-0.25, -0.2) is 25.3 Å². The van der Waals surface area contributed by atoms with Crippen molar-refractivity contribution in [2.24, 2.45) is 5.84 Å². The van der Waals surface area contributed by atoms with Crippen LogP contribution in [-0.2, 0) is 0 Å². The van der Waals surface area contributed by atoms with Crippen LogP contribution < -0.4 is 16.5 Å². The van der Waals surface area contributed by atoms with Gasteiger partial charge in [-0.15, -0.1) is 0 Å². The molecule has 1 aliphatic carbocycles. The summed E-state index contributed by atoms with van der Waals surface area (Å²) in [7, 11) is 0. The summed E-state index contributed by atoms with van der Waals surface area (Å²) in [6.07, 6.45) is 4.42. The van der Waals surface area contributed by atoms with Gasteiger partial charge in [0.05, 0.1) is 0 Å². The number of nitrogens with zero attached hydrogens (tertiary/aromatic N) is 2. The molecule has 1 aliphatic heterocycles. The Labute approximate surface area is 107 Å². The van der Waals surface area contributed by atoms with Crippen LogP contribution in [0.2, 0.25) is 0 Å². The molecule has 0 aromatic rings. The van der Waals surface area contributed by atoms with E-state index < -0.39 is 12.3 Å². The number of hydrogen-bond donors (Lipinski definition) is 3. The molecule has 4 amide bonds. The molecule has 7 heteroatoms. The smallest absolute Gasteiger partial charge is 0.303 e. The maximum atomic E-state index is 12.1. The first-order valence-corrected chi connectivity index (χ1v) is 6.56. The second-order valence-corrected chi connectivity index (χ2v) is 4.76. The molecule has 0 aromatic carbocycles. The molecule has 0 aromatic heterocycles. The van der Waals surface area contributed by atoms with E-state index in [4.69, 9.17) is 5.84 Å². The van der Waals surface area contributed by atoms with Crippen molar-refractivity contribution in [3.05, 3.63) is 0 Å². The highest BCUT2D eigenvalue weighted by atomic mass is 16.2. The number of urea groups is 2. The van der Waals surface area contributed by atoms with Gasteiger partial charge in [0.15, 0.2) is 6.29 Å². The molecular formula is C11H21N5O2. The van der Waals surface area contributed by atoms with Crippen molar-refractivity contribution >= 4 is 12.1 Å². The predicted molar refractivity (Wildman–Crippen MR) is 66.1 cm³/mol. The number of nitrogens with one attached hydrogen (secondary N) is 2. The summed E-state index contributed by atoms with van der Waals surface area (Å²) in [5.74, 6) is 5.73. The number of hydrogen-bond acceptors (Lipinski definition) is 4. The number of nitrogens with two attached hydrogens (primary N) is 1. The molecule has 1 atom stereocenters. The van der Waals surface area contributed by atoms with E-state index >= 15 is 0 Å². The summed E-state index contributed by atoms with van der Waals surface area (Å²) >= 11 is 0. The van der Waals surface area contributed by atoms with Crippen molar-refractivity contribution in [2.45, 2.75) is 51.4 Å². The van der Waals surface area contributed by atoms with Crippen LogP contribution in [-0.4, -0.2) is 40.8 Å². The van der Waals surface area contributed by atoms with Crippen LogP contribution in [0.5, 0.6) is 0 Å². The van der Waals surface area contributed by atoms with Crippen LogP contribution in [0.1, 0.15) is 39.0 Å². The Balaban J connectivity index is 2.07. The summed E-state index contributed by atoms with van der Waals surface area (Å²) in [5.41, 5.74) is 0. The summed E-state index contributed by atoms with van der Waals surface area (Å²) in [5, 5.41) is 6.70. The monoisotopic (exact) mass is 255 g/mol. The fraction of sp³-hybridized carbons (Fsp3) is 0.818. The Morgan fingerprint density at radius 3 is 2.61 bits per heavy atom. The topological polar surface area (TPSA) is 90.7 Å². The third kappa shape index (κ3) is 2.41. The molecule has 2 rings (SSSR count). The Kier molecular flexibility index (Phi) is 4.03. The van der Waals surface area contributed by atoms with Gasteiger partial charge in [-0.2, -0.15) is 0 Å². The first-order chi connectivity index (χ1) is 8.65. The van der Waals surface area contributed by atoms with Gasteiger partial charge in [-0.1, -0.05) is 26.2 Å². The van der Waals surface area contributed by atoms with Gasteiger partial charge in [-0.3, -0.25) is 5.32 Å². The lowest BCUT2D eigenvalue weighted by Gasteiger charge is -2.42. The maximum absolute atomic E-state index is 12.1. The summed E-state index contributed by atoms with van der Waals surface area (Å²) in [6, 6.07) is -0.781. The number of rotatable bonds is 3. The normalized spacial score (nSPS) is 26.4. The van der Waals surface area contributed by atoms with Crippen molar-refractivity contribution in [2.75, 3.05) is 6.54 Å². The zero-order valence-corrected chi connectivity index (χ0v) is 10.7. The van der Waals surface area contributed by atoms with Gasteiger partial charge in [0, 0.05) is 6.04 Å². The Morgan fingerprint density at radius 2 is 2.00 bits per heavy atom. The van der Waals surface area contributed by atoms with E-state index in [0.29, 0.717) is 6.54 Å². The second kappa shape index (κ2) is 5.53. The SMILES string of the molecule is CCNC1NC(=O)N(C2CCCCC2)C(=O)N1N. The fourth-order valence-corrected chi connectivity index (χ4v) is 2.58. The molecule has 0 spiro atoms. The van der Waals surface area contributed by atoms with Gasteiger partial charge >= 0.3 is 12.1 Å². The van der Waals surface area contributed by atoms with Crippen LogP contribution in [0, 0.1) is 0 Å². The van der Waals surface area contributed by atoms with Gasteiger partial charge in [0.2, 0.25) is 0 Å². The van der Waals surface area contributed by atoms with Crippen LogP contribution in [0.25, 0.3) is 0 Å². The van der Waals surface area contributed by atoms with Crippen LogP contribution in [0.15, 0.2) is 0 Å². The Bertz CT molecular complexity index is 329. The average Bonchev–Trinajstić information content (AvgIpc) is 2.37. The lowest BCUT2D eigenvalue weighted by Crippen LogP contribution is -2.72. The van der Waals surface area contributed by atoms with E-state index in [-0.39, 0.29) is 12.1 Å². The maximum Gasteiger partial charge on any atom is 0.345 e.